The van der Waals surface area contributed by atoms with Gasteiger partial charge in [-0.25, -0.2) is 4.79 Å². The van der Waals surface area contributed by atoms with Gasteiger partial charge in [-0.05, 0) is 32.6 Å². The van der Waals surface area contributed by atoms with Crippen molar-refractivity contribution in [3.8, 4) is 0 Å². The molecule has 1 heterocycles. The van der Waals surface area contributed by atoms with Gasteiger partial charge in [-0.15, -0.1) is 0 Å². The molecule has 5 heteroatoms. The maximum Gasteiger partial charge on any atom is 0.335 e. The first kappa shape index (κ1) is 17.7. The van der Waals surface area contributed by atoms with Crippen LogP contribution in [0, 0.1) is 17.8 Å². The number of ether oxygens (including phenoxy) is 2. The highest BCUT2D eigenvalue weighted by Crippen LogP contribution is 2.41. The number of rotatable bonds is 4. The number of hydrogen-bond donors (Lipinski definition) is 0. The number of methoxy groups -OCH3 is 1. The summed E-state index contributed by atoms with van der Waals surface area (Å²) in [6, 6.07) is 0. The van der Waals surface area contributed by atoms with Gasteiger partial charge in [-0.1, -0.05) is 25.7 Å². The fraction of sp³-hybridized carbons (Fsp3) is 0.722. The zero-order valence-electron chi connectivity index (χ0n) is 14.3. The number of hydrogen-bond acceptors (Lipinski definition) is 5. The molecule has 23 heavy (non-hydrogen) atoms. The average molecular weight is 321 g/mol. The Morgan fingerprint density at radius 2 is 1.87 bits per heavy atom. The molecule has 0 bridgehead atoms. The van der Waals surface area contributed by atoms with Crippen molar-refractivity contribution in [3.63, 3.8) is 0 Å². The summed E-state index contributed by atoms with van der Waals surface area (Å²) in [5.41, 5.74) is 1.21. The molecule has 0 aromatic heterocycles. The third-order valence-electron chi connectivity index (χ3n) is 4.91. The first-order valence-corrected chi connectivity index (χ1v) is 8.60. The van der Waals surface area contributed by atoms with E-state index in [0.717, 1.165) is 25.7 Å². The van der Waals surface area contributed by atoms with E-state index in [0.29, 0.717) is 23.8 Å². The summed E-state index contributed by atoms with van der Waals surface area (Å²) in [4.78, 5) is 29.0. The fourth-order valence-corrected chi connectivity index (χ4v) is 3.81. The van der Waals surface area contributed by atoms with Crippen LogP contribution in [0.25, 0.3) is 0 Å². The SMILES string of the molecule is CCOC(=O)C1C=NC(C)=C(C(=O)OC)[C@@H]1C1CCCCCC1. The van der Waals surface area contributed by atoms with Gasteiger partial charge < -0.3 is 9.47 Å². The maximum atomic E-state index is 12.4. The zero-order chi connectivity index (χ0) is 16.8. The van der Waals surface area contributed by atoms with Gasteiger partial charge in [0.2, 0.25) is 0 Å². The monoisotopic (exact) mass is 321 g/mol. The molecule has 2 rings (SSSR count). The standard InChI is InChI=1S/C18H27NO4/c1-4-23-17(20)14-11-19-12(2)15(18(21)22-3)16(14)13-9-7-5-6-8-10-13/h11,13-14,16H,4-10H2,1-3H3/t14?,16-/m1/s1. The Hall–Kier alpha value is -1.65. The highest BCUT2D eigenvalue weighted by atomic mass is 16.5. The number of allylic oxidation sites excluding steroid dienone is 1. The fourth-order valence-electron chi connectivity index (χ4n) is 3.81. The van der Waals surface area contributed by atoms with Crippen molar-refractivity contribution in [2.24, 2.45) is 22.7 Å². The van der Waals surface area contributed by atoms with Crippen molar-refractivity contribution < 1.29 is 19.1 Å². The van der Waals surface area contributed by atoms with Gasteiger partial charge in [-0.3, -0.25) is 9.79 Å². The molecule has 5 nitrogen and oxygen atoms in total. The molecule has 1 aliphatic heterocycles. The Morgan fingerprint density at radius 3 is 2.43 bits per heavy atom. The van der Waals surface area contributed by atoms with Crippen molar-refractivity contribution >= 4 is 18.2 Å². The van der Waals surface area contributed by atoms with E-state index >= 15 is 0 Å². The van der Waals surface area contributed by atoms with Gasteiger partial charge in [0.25, 0.3) is 0 Å². The molecule has 2 atom stereocenters. The molecule has 2 aliphatic rings. The molecule has 1 saturated carbocycles. The van der Waals surface area contributed by atoms with Crippen molar-refractivity contribution in [2.45, 2.75) is 52.4 Å². The van der Waals surface area contributed by atoms with Crippen molar-refractivity contribution in [2.75, 3.05) is 13.7 Å². The summed E-state index contributed by atoms with van der Waals surface area (Å²) in [5, 5.41) is 0. The zero-order valence-corrected chi connectivity index (χ0v) is 14.3. The Balaban J connectivity index is 2.37. The number of carbonyl (C=O) groups is 2. The lowest BCUT2D eigenvalue weighted by Crippen LogP contribution is -2.38. The Morgan fingerprint density at radius 1 is 1.22 bits per heavy atom. The molecule has 0 N–H and O–H groups in total. The minimum absolute atomic E-state index is 0.183. The van der Waals surface area contributed by atoms with Crippen molar-refractivity contribution in [1.29, 1.82) is 0 Å². The normalized spacial score (nSPS) is 25.9. The molecule has 0 spiro atoms. The predicted molar refractivity (Wildman–Crippen MR) is 88.0 cm³/mol. The summed E-state index contributed by atoms with van der Waals surface area (Å²) >= 11 is 0. The van der Waals surface area contributed by atoms with E-state index in [9.17, 15) is 9.59 Å². The van der Waals surface area contributed by atoms with Crippen LogP contribution in [0.2, 0.25) is 0 Å². The molecule has 0 aromatic carbocycles. The third kappa shape index (κ3) is 4.01. The van der Waals surface area contributed by atoms with Gasteiger partial charge in [0.15, 0.2) is 0 Å². The van der Waals surface area contributed by atoms with E-state index in [1.54, 1.807) is 13.1 Å². The second-order valence-electron chi connectivity index (χ2n) is 6.32. The summed E-state index contributed by atoms with van der Waals surface area (Å²) in [6.07, 6.45) is 8.44. The lowest BCUT2D eigenvalue weighted by atomic mass is 9.72. The second-order valence-corrected chi connectivity index (χ2v) is 6.32. The van der Waals surface area contributed by atoms with Crippen LogP contribution in [-0.4, -0.2) is 31.9 Å². The molecule has 1 fully saturated rings. The summed E-state index contributed by atoms with van der Waals surface area (Å²) in [7, 11) is 1.38. The van der Waals surface area contributed by atoms with Gasteiger partial charge in [-0.2, -0.15) is 0 Å². The first-order valence-electron chi connectivity index (χ1n) is 8.60. The maximum absolute atomic E-state index is 12.4. The summed E-state index contributed by atoms with van der Waals surface area (Å²) < 4.78 is 10.2. The van der Waals surface area contributed by atoms with E-state index in [-0.39, 0.29) is 17.9 Å². The minimum atomic E-state index is -0.490. The van der Waals surface area contributed by atoms with Gasteiger partial charge in [0.05, 0.1) is 25.2 Å². The van der Waals surface area contributed by atoms with E-state index in [4.69, 9.17) is 9.47 Å². The van der Waals surface area contributed by atoms with Crippen LogP contribution in [0.4, 0.5) is 0 Å². The van der Waals surface area contributed by atoms with E-state index in [1.807, 2.05) is 6.92 Å². The number of aliphatic imine (C=N–C) groups is 1. The van der Waals surface area contributed by atoms with E-state index in [1.165, 1.54) is 20.0 Å². The number of esters is 2. The summed E-state index contributed by atoms with van der Waals surface area (Å²) in [5.74, 6) is -1.04. The minimum Gasteiger partial charge on any atom is -0.466 e. The third-order valence-corrected chi connectivity index (χ3v) is 4.91. The second kappa shape index (κ2) is 8.27. The molecular weight excluding hydrogens is 294 g/mol. The Kier molecular flexibility index (Phi) is 6.37. The smallest absolute Gasteiger partial charge is 0.335 e. The molecule has 0 aromatic rings. The van der Waals surface area contributed by atoms with Crippen LogP contribution in [0.15, 0.2) is 16.3 Å². The van der Waals surface area contributed by atoms with Gasteiger partial charge in [0, 0.05) is 17.8 Å². The topological polar surface area (TPSA) is 65.0 Å². The van der Waals surface area contributed by atoms with Crippen LogP contribution in [-0.2, 0) is 19.1 Å². The lowest BCUT2D eigenvalue weighted by Gasteiger charge is -2.34. The van der Waals surface area contributed by atoms with Crippen LogP contribution < -0.4 is 0 Å². The van der Waals surface area contributed by atoms with Crippen molar-refractivity contribution in [1.82, 2.24) is 0 Å². The predicted octanol–water partition coefficient (Wildman–Crippen LogP) is 3.28. The first-order chi connectivity index (χ1) is 11.1. The molecule has 128 valence electrons. The Bertz CT molecular complexity index is 501. The highest BCUT2D eigenvalue weighted by Gasteiger charge is 2.42. The average Bonchev–Trinajstić information content (AvgIpc) is 2.83. The lowest BCUT2D eigenvalue weighted by molar-refractivity contribution is -0.147. The summed E-state index contributed by atoms with van der Waals surface area (Å²) in [6.45, 7) is 3.94. The molecular formula is C18H27NO4. The van der Waals surface area contributed by atoms with Crippen LogP contribution in [0.3, 0.4) is 0 Å². The van der Waals surface area contributed by atoms with E-state index in [2.05, 4.69) is 4.99 Å². The van der Waals surface area contributed by atoms with Gasteiger partial charge >= 0.3 is 11.9 Å². The molecule has 1 aliphatic carbocycles. The molecule has 0 amide bonds. The highest BCUT2D eigenvalue weighted by molar-refractivity contribution is 5.98. The number of nitrogens with zero attached hydrogens (tertiary/aromatic N) is 1. The molecule has 1 unspecified atom stereocenters. The largest absolute Gasteiger partial charge is 0.466 e. The number of carbonyl (C=O) groups excluding carboxylic acids is 2. The quantitative estimate of drug-likeness (QED) is 0.589. The van der Waals surface area contributed by atoms with Crippen LogP contribution in [0.1, 0.15) is 52.4 Å². The van der Waals surface area contributed by atoms with Crippen LogP contribution >= 0.6 is 0 Å². The van der Waals surface area contributed by atoms with Gasteiger partial charge in [0.1, 0.15) is 0 Å². The van der Waals surface area contributed by atoms with Crippen molar-refractivity contribution in [3.05, 3.63) is 11.3 Å². The van der Waals surface area contributed by atoms with Crippen LogP contribution in [0.5, 0.6) is 0 Å². The molecule has 0 saturated heterocycles. The Labute approximate surface area is 138 Å². The van der Waals surface area contributed by atoms with E-state index < -0.39 is 5.92 Å². The molecule has 0 radical (unpaired) electrons.